The van der Waals surface area contributed by atoms with Gasteiger partial charge >= 0.3 is 0 Å². The Balaban J connectivity index is 1.78. The lowest BCUT2D eigenvalue weighted by Gasteiger charge is -2.23. The summed E-state index contributed by atoms with van der Waals surface area (Å²) < 4.78 is 17.5. The van der Waals surface area contributed by atoms with E-state index in [1.807, 2.05) is 31.2 Å². The molecule has 1 N–H and O–H groups in total. The van der Waals surface area contributed by atoms with Crippen LogP contribution in [0, 0.1) is 0 Å². The van der Waals surface area contributed by atoms with E-state index in [0.717, 1.165) is 29.8 Å². The lowest BCUT2D eigenvalue weighted by molar-refractivity contribution is 0.104. The molecule has 2 aliphatic rings. The first-order valence-corrected chi connectivity index (χ1v) is 9.57. The van der Waals surface area contributed by atoms with Gasteiger partial charge in [-0.1, -0.05) is 12.1 Å². The fourth-order valence-corrected chi connectivity index (χ4v) is 4.05. The summed E-state index contributed by atoms with van der Waals surface area (Å²) in [4.78, 5) is 13.0. The van der Waals surface area contributed by atoms with Gasteiger partial charge in [0.15, 0.2) is 5.78 Å². The molecular weight excluding hydrogens is 342 g/mol. The van der Waals surface area contributed by atoms with Crippen molar-refractivity contribution in [2.45, 2.75) is 38.8 Å². The molecule has 0 spiro atoms. The summed E-state index contributed by atoms with van der Waals surface area (Å²) in [6, 6.07) is 9.63. The number of hydrogen-bond acceptors (Lipinski definition) is 5. The lowest BCUT2D eigenvalue weighted by atomic mass is 10.0. The number of nitrogens with one attached hydrogen (secondary N) is 1. The second kappa shape index (κ2) is 7.24. The van der Waals surface area contributed by atoms with Crippen LogP contribution in [-0.4, -0.2) is 38.2 Å². The zero-order valence-corrected chi connectivity index (χ0v) is 16.0. The second-order valence-corrected chi connectivity index (χ2v) is 7.01. The van der Waals surface area contributed by atoms with E-state index in [1.54, 1.807) is 13.2 Å². The van der Waals surface area contributed by atoms with Crippen molar-refractivity contribution in [3.8, 4) is 28.4 Å². The minimum absolute atomic E-state index is 0.0167. The monoisotopic (exact) mass is 367 g/mol. The number of carbonyl (C=O) groups excluding carboxylic acids is 1. The Morgan fingerprint density at radius 3 is 2.70 bits per heavy atom. The zero-order chi connectivity index (χ0) is 19.0. The van der Waals surface area contributed by atoms with E-state index in [-0.39, 0.29) is 11.9 Å². The highest BCUT2D eigenvalue weighted by Crippen LogP contribution is 2.49. The van der Waals surface area contributed by atoms with Crippen molar-refractivity contribution in [2.75, 3.05) is 20.3 Å². The molecule has 142 valence electrons. The van der Waals surface area contributed by atoms with Crippen LogP contribution in [0.25, 0.3) is 11.1 Å². The maximum Gasteiger partial charge on any atom is 0.194 e. The summed E-state index contributed by atoms with van der Waals surface area (Å²) in [7, 11) is 1.61. The van der Waals surface area contributed by atoms with E-state index >= 15 is 0 Å². The third-order valence-electron chi connectivity index (χ3n) is 5.35. The van der Waals surface area contributed by atoms with Crippen LogP contribution in [0.5, 0.6) is 17.2 Å². The van der Waals surface area contributed by atoms with E-state index in [2.05, 4.69) is 12.2 Å². The van der Waals surface area contributed by atoms with Gasteiger partial charge in [0.1, 0.15) is 23.4 Å². The van der Waals surface area contributed by atoms with E-state index in [9.17, 15) is 4.79 Å². The summed E-state index contributed by atoms with van der Waals surface area (Å²) in [6.07, 6.45) is 2.29. The Morgan fingerprint density at radius 2 is 2.00 bits per heavy atom. The van der Waals surface area contributed by atoms with Crippen molar-refractivity contribution in [1.82, 2.24) is 5.32 Å². The lowest BCUT2D eigenvalue weighted by Crippen LogP contribution is -2.36. The Bertz CT molecular complexity index is 871. The highest BCUT2D eigenvalue weighted by atomic mass is 16.5. The number of fused-ring (bicyclic) bond motifs is 3. The molecule has 27 heavy (non-hydrogen) atoms. The van der Waals surface area contributed by atoms with Crippen molar-refractivity contribution in [3.63, 3.8) is 0 Å². The van der Waals surface area contributed by atoms with Crippen LogP contribution in [0.4, 0.5) is 0 Å². The number of hydrogen-bond donors (Lipinski definition) is 1. The molecule has 5 heteroatoms. The Morgan fingerprint density at radius 1 is 1.19 bits per heavy atom. The molecule has 0 aromatic heterocycles. The number of rotatable bonds is 6. The Kier molecular flexibility index (Phi) is 4.79. The molecule has 1 aliphatic heterocycles. The third-order valence-corrected chi connectivity index (χ3v) is 5.35. The molecule has 4 rings (SSSR count). The highest BCUT2D eigenvalue weighted by molar-refractivity contribution is 6.23. The molecule has 2 atom stereocenters. The Hall–Kier alpha value is -2.53. The first-order valence-electron chi connectivity index (χ1n) is 9.57. The van der Waals surface area contributed by atoms with E-state index < -0.39 is 0 Å². The van der Waals surface area contributed by atoms with E-state index in [1.165, 1.54) is 6.42 Å². The topological polar surface area (TPSA) is 56.8 Å². The van der Waals surface area contributed by atoms with Crippen molar-refractivity contribution in [2.24, 2.45) is 0 Å². The maximum absolute atomic E-state index is 13.0. The molecule has 2 unspecified atom stereocenters. The van der Waals surface area contributed by atoms with E-state index in [4.69, 9.17) is 14.2 Å². The van der Waals surface area contributed by atoms with Gasteiger partial charge < -0.3 is 19.5 Å². The summed E-state index contributed by atoms with van der Waals surface area (Å²) in [6.45, 7) is 5.56. The van der Waals surface area contributed by atoms with Crippen molar-refractivity contribution < 1.29 is 19.0 Å². The van der Waals surface area contributed by atoms with Gasteiger partial charge in [0.2, 0.25) is 0 Å². The molecule has 1 aliphatic carbocycles. The molecular formula is C22H25NO4. The molecule has 5 nitrogen and oxygen atoms in total. The predicted molar refractivity (Wildman–Crippen MR) is 104 cm³/mol. The van der Waals surface area contributed by atoms with Gasteiger partial charge in [0.05, 0.1) is 13.7 Å². The van der Waals surface area contributed by atoms with Crippen LogP contribution in [0.1, 0.15) is 42.6 Å². The van der Waals surface area contributed by atoms with Crippen LogP contribution < -0.4 is 19.5 Å². The number of ketones is 1. The van der Waals surface area contributed by atoms with Crippen LogP contribution in [-0.2, 0) is 0 Å². The normalized spacial score (nSPS) is 18.8. The number of benzene rings is 2. The summed E-state index contributed by atoms with van der Waals surface area (Å²) in [5, 5.41) is 3.48. The standard InChI is InChI=1S/C22H25NO4/c1-4-26-14-11-16-21(19(12-14)25-3)20-15(22(16)24)7-5-9-18(20)27-13(2)17-8-6-10-23-17/h5,7,9,11-13,17,23H,4,6,8,10H2,1-3H3. The second-order valence-electron chi connectivity index (χ2n) is 7.01. The molecule has 2 aromatic rings. The van der Waals surface area contributed by atoms with Gasteiger partial charge in [-0.3, -0.25) is 4.79 Å². The summed E-state index contributed by atoms with van der Waals surface area (Å²) in [5.41, 5.74) is 2.88. The largest absolute Gasteiger partial charge is 0.496 e. The van der Waals surface area contributed by atoms with Crippen LogP contribution in [0.3, 0.4) is 0 Å². The van der Waals surface area contributed by atoms with Crippen molar-refractivity contribution >= 4 is 5.78 Å². The quantitative estimate of drug-likeness (QED) is 0.718. The first kappa shape index (κ1) is 17.9. The minimum atomic E-state index is -0.0167. The molecule has 0 radical (unpaired) electrons. The summed E-state index contributed by atoms with van der Waals surface area (Å²) >= 11 is 0. The van der Waals surface area contributed by atoms with Gasteiger partial charge in [0, 0.05) is 34.4 Å². The average Bonchev–Trinajstić information content (AvgIpc) is 3.30. The molecule has 0 amide bonds. The van der Waals surface area contributed by atoms with Gasteiger partial charge in [-0.15, -0.1) is 0 Å². The molecule has 0 saturated carbocycles. The Labute approximate surface area is 159 Å². The summed E-state index contributed by atoms with van der Waals surface area (Å²) in [5.74, 6) is 1.98. The average molecular weight is 367 g/mol. The van der Waals surface area contributed by atoms with Gasteiger partial charge in [-0.2, -0.15) is 0 Å². The van der Waals surface area contributed by atoms with Crippen LogP contribution in [0.15, 0.2) is 30.3 Å². The fourth-order valence-electron chi connectivity index (χ4n) is 4.05. The molecule has 1 fully saturated rings. The molecule has 0 bridgehead atoms. The zero-order valence-electron chi connectivity index (χ0n) is 16.0. The number of ether oxygens (including phenoxy) is 3. The van der Waals surface area contributed by atoms with Crippen LogP contribution in [0.2, 0.25) is 0 Å². The number of methoxy groups -OCH3 is 1. The molecule has 1 heterocycles. The minimum Gasteiger partial charge on any atom is -0.496 e. The van der Waals surface area contributed by atoms with Crippen LogP contribution >= 0.6 is 0 Å². The van der Waals surface area contributed by atoms with Gasteiger partial charge in [-0.25, -0.2) is 0 Å². The first-order chi connectivity index (χ1) is 13.1. The maximum atomic E-state index is 13.0. The molecule has 2 aromatic carbocycles. The predicted octanol–water partition coefficient (Wildman–Crippen LogP) is 3.82. The van der Waals surface area contributed by atoms with Crippen molar-refractivity contribution in [3.05, 3.63) is 41.5 Å². The third kappa shape index (κ3) is 3.06. The highest BCUT2D eigenvalue weighted by Gasteiger charge is 2.34. The molecule has 1 saturated heterocycles. The van der Waals surface area contributed by atoms with E-state index in [0.29, 0.717) is 35.3 Å². The number of carbonyl (C=O) groups is 1. The van der Waals surface area contributed by atoms with Gasteiger partial charge in [-0.05, 0) is 45.4 Å². The van der Waals surface area contributed by atoms with Crippen molar-refractivity contribution in [1.29, 1.82) is 0 Å². The smallest absolute Gasteiger partial charge is 0.194 e. The van der Waals surface area contributed by atoms with Gasteiger partial charge in [0.25, 0.3) is 0 Å². The fraction of sp³-hybridized carbons (Fsp3) is 0.409. The SMILES string of the molecule is CCOc1cc(OC)c2c(c1)C(=O)c1cccc(OC(C)C3CCCN3)c1-2.